The summed E-state index contributed by atoms with van der Waals surface area (Å²) in [6, 6.07) is 9.19. The van der Waals surface area contributed by atoms with E-state index in [9.17, 15) is 8.42 Å². The largest absolute Gasteiger partial charge is 0.357 e. The molecule has 1 N–H and O–H groups in total. The predicted molar refractivity (Wildman–Crippen MR) is 104 cm³/mol. The Kier molecular flexibility index (Phi) is 4.85. The number of nitrogens with one attached hydrogen (secondary N) is 1. The molecule has 0 unspecified atom stereocenters. The molecule has 2 aliphatic rings. The molecule has 1 aromatic heterocycles. The highest BCUT2D eigenvalue weighted by molar-refractivity contribution is 7.92. The summed E-state index contributed by atoms with van der Waals surface area (Å²) < 4.78 is 28.1. The second-order valence-electron chi connectivity index (χ2n) is 7.20. The van der Waals surface area contributed by atoms with Gasteiger partial charge in [-0.2, -0.15) is 0 Å². The average molecular weight is 372 g/mol. The van der Waals surface area contributed by atoms with Gasteiger partial charge in [0.2, 0.25) is 0 Å². The summed E-state index contributed by atoms with van der Waals surface area (Å²) in [7, 11) is -3.59. The fourth-order valence-corrected chi connectivity index (χ4v) is 4.94. The van der Waals surface area contributed by atoms with Crippen LogP contribution in [-0.4, -0.2) is 26.5 Å². The number of pyridine rings is 1. The van der Waals surface area contributed by atoms with Crippen molar-refractivity contribution < 1.29 is 8.42 Å². The lowest BCUT2D eigenvalue weighted by atomic mass is 9.92. The lowest BCUT2D eigenvalue weighted by molar-refractivity contribution is 0.573. The molecule has 0 radical (unpaired) electrons. The third-order valence-corrected chi connectivity index (χ3v) is 6.69. The number of aromatic nitrogens is 1. The number of fused-ring (bicyclic) bond motifs is 1. The van der Waals surface area contributed by atoms with Crippen LogP contribution in [-0.2, 0) is 22.9 Å². The van der Waals surface area contributed by atoms with Gasteiger partial charge in [-0.15, -0.1) is 0 Å². The topological polar surface area (TPSA) is 62.3 Å². The molecule has 26 heavy (non-hydrogen) atoms. The predicted octanol–water partition coefficient (Wildman–Crippen LogP) is 3.75. The van der Waals surface area contributed by atoms with E-state index < -0.39 is 10.0 Å². The number of rotatable bonds is 4. The van der Waals surface area contributed by atoms with E-state index in [0.29, 0.717) is 10.6 Å². The first-order valence-corrected chi connectivity index (χ1v) is 11.0. The zero-order chi connectivity index (χ0) is 18.0. The molecule has 1 aliphatic heterocycles. The van der Waals surface area contributed by atoms with E-state index >= 15 is 0 Å². The number of benzene rings is 1. The van der Waals surface area contributed by atoms with Gasteiger partial charge in [0.05, 0.1) is 16.8 Å². The summed E-state index contributed by atoms with van der Waals surface area (Å²) in [6.45, 7) is 2.04. The van der Waals surface area contributed by atoms with Crippen LogP contribution in [0, 0.1) is 0 Å². The van der Waals surface area contributed by atoms with Gasteiger partial charge in [-0.1, -0.05) is 6.07 Å². The third kappa shape index (κ3) is 3.70. The number of hydrogen-bond acceptors (Lipinski definition) is 4. The van der Waals surface area contributed by atoms with Gasteiger partial charge in [-0.3, -0.25) is 4.72 Å². The first-order valence-electron chi connectivity index (χ1n) is 9.47. The van der Waals surface area contributed by atoms with Crippen LogP contribution in [0.4, 0.5) is 11.5 Å². The normalized spacial score (nSPS) is 17.6. The van der Waals surface area contributed by atoms with Crippen molar-refractivity contribution in [2.24, 2.45) is 0 Å². The van der Waals surface area contributed by atoms with Crippen molar-refractivity contribution >= 4 is 21.5 Å². The Bertz CT molecular complexity index is 872. The minimum atomic E-state index is -3.59. The van der Waals surface area contributed by atoms with Crippen LogP contribution >= 0.6 is 0 Å². The molecule has 1 aliphatic carbocycles. The highest BCUT2D eigenvalue weighted by Gasteiger charge is 2.18. The van der Waals surface area contributed by atoms with Gasteiger partial charge in [-0.25, -0.2) is 13.4 Å². The van der Waals surface area contributed by atoms with Gasteiger partial charge >= 0.3 is 0 Å². The van der Waals surface area contributed by atoms with Crippen LogP contribution in [0.5, 0.6) is 0 Å². The molecule has 0 saturated carbocycles. The van der Waals surface area contributed by atoms with Crippen molar-refractivity contribution in [2.45, 2.75) is 49.8 Å². The summed E-state index contributed by atoms with van der Waals surface area (Å²) in [5.74, 6) is 0.918. The van der Waals surface area contributed by atoms with Crippen LogP contribution in [0.25, 0.3) is 0 Å². The van der Waals surface area contributed by atoms with E-state index in [1.165, 1.54) is 31.2 Å². The fraction of sp³-hybridized carbons (Fsp3) is 0.450. The summed E-state index contributed by atoms with van der Waals surface area (Å²) in [5.41, 5.74) is 2.95. The molecular formula is C20H25N3O2S. The zero-order valence-electron chi connectivity index (χ0n) is 14.9. The van der Waals surface area contributed by atoms with Crippen molar-refractivity contribution in [3.8, 4) is 0 Å². The molecule has 2 heterocycles. The third-order valence-electron chi connectivity index (χ3n) is 5.31. The summed E-state index contributed by atoms with van der Waals surface area (Å²) in [5, 5.41) is 0. The molecule has 0 spiro atoms. The van der Waals surface area contributed by atoms with Gasteiger partial charge in [-0.05, 0) is 80.3 Å². The van der Waals surface area contributed by atoms with Gasteiger partial charge in [0.25, 0.3) is 10.0 Å². The van der Waals surface area contributed by atoms with E-state index in [-0.39, 0.29) is 0 Å². The maximum Gasteiger partial charge on any atom is 0.261 e. The zero-order valence-corrected chi connectivity index (χ0v) is 15.8. The Balaban J connectivity index is 1.50. The van der Waals surface area contributed by atoms with Crippen LogP contribution < -0.4 is 9.62 Å². The minimum absolute atomic E-state index is 0.332. The van der Waals surface area contributed by atoms with Crippen LogP contribution in [0.1, 0.15) is 43.2 Å². The highest BCUT2D eigenvalue weighted by atomic mass is 32.2. The number of sulfonamides is 1. The van der Waals surface area contributed by atoms with E-state index in [2.05, 4.69) is 14.6 Å². The molecule has 4 rings (SSSR count). The Labute approximate surface area is 155 Å². The van der Waals surface area contributed by atoms with Crippen molar-refractivity contribution in [2.75, 3.05) is 22.7 Å². The molecule has 6 heteroatoms. The molecular weight excluding hydrogens is 346 g/mol. The Hall–Kier alpha value is -2.08. The fourth-order valence-electron chi connectivity index (χ4n) is 3.85. The number of nitrogens with zero attached hydrogens (tertiary/aromatic N) is 2. The summed E-state index contributed by atoms with van der Waals surface area (Å²) in [6.07, 6.45) is 9.59. The van der Waals surface area contributed by atoms with Crippen molar-refractivity contribution in [1.82, 2.24) is 4.98 Å². The van der Waals surface area contributed by atoms with Crippen molar-refractivity contribution in [1.29, 1.82) is 0 Å². The lowest BCUT2D eigenvalue weighted by Gasteiger charge is -2.27. The minimum Gasteiger partial charge on any atom is -0.357 e. The van der Waals surface area contributed by atoms with Crippen molar-refractivity contribution in [3.63, 3.8) is 0 Å². The van der Waals surface area contributed by atoms with E-state index in [1.54, 1.807) is 18.3 Å². The number of hydrogen-bond donors (Lipinski definition) is 1. The smallest absolute Gasteiger partial charge is 0.261 e. The second-order valence-corrected chi connectivity index (χ2v) is 8.88. The van der Waals surface area contributed by atoms with Crippen molar-refractivity contribution in [3.05, 3.63) is 47.7 Å². The van der Waals surface area contributed by atoms with Gasteiger partial charge in [0.1, 0.15) is 5.82 Å². The summed E-state index contributed by atoms with van der Waals surface area (Å²) in [4.78, 5) is 7.04. The monoisotopic (exact) mass is 371 g/mol. The van der Waals surface area contributed by atoms with E-state index in [4.69, 9.17) is 0 Å². The van der Waals surface area contributed by atoms with Crippen LogP contribution in [0.2, 0.25) is 0 Å². The molecule has 1 saturated heterocycles. The van der Waals surface area contributed by atoms with Crippen LogP contribution in [0.3, 0.4) is 0 Å². The second kappa shape index (κ2) is 7.27. The Morgan fingerprint density at radius 2 is 1.65 bits per heavy atom. The van der Waals surface area contributed by atoms with E-state index in [0.717, 1.165) is 43.7 Å². The maximum absolute atomic E-state index is 12.7. The molecule has 0 atom stereocenters. The Morgan fingerprint density at radius 3 is 2.38 bits per heavy atom. The molecule has 138 valence electrons. The first-order chi connectivity index (χ1) is 12.6. The number of piperidine rings is 1. The van der Waals surface area contributed by atoms with Gasteiger partial charge in [0.15, 0.2) is 0 Å². The highest BCUT2D eigenvalue weighted by Crippen LogP contribution is 2.26. The molecule has 5 nitrogen and oxygen atoms in total. The average Bonchev–Trinajstić information content (AvgIpc) is 2.68. The molecule has 1 aromatic carbocycles. The SMILES string of the molecule is O=S(=O)(Nc1ccc(N2CCCCC2)nc1)c1ccc2c(c1)CCCC2. The Morgan fingerprint density at radius 1 is 0.885 bits per heavy atom. The van der Waals surface area contributed by atoms with Gasteiger partial charge < -0.3 is 4.90 Å². The summed E-state index contributed by atoms with van der Waals surface area (Å²) >= 11 is 0. The molecule has 0 bridgehead atoms. The maximum atomic E-state index is 12.7. The van der Waals surface area contributed by atoms with E-state index in [1.807, 2.05) is 18.2 Å². The van der Waals surface area contributed by atoms with Gasteiger partial charge in [0, 0.05) is 13.1 Å². The molecule has 1 fully saturated rings. The van der Waals surface area contributed by atoms with Crippen LogP contribution in [0.15, 0.2) is 41.4 Å². The number of anilines is 2. The molecule has 0 amide bonds. The lowest BCUT2D eigenvalue weighted by Crippen LogP contribution is -2.30. The standard InChI is InChI=1S/C20H25N3O2S/c24-26(25,19-10-8-16-6-2-3-7-17(16)14-19)22-18-9-11-20(21-15-18)23-12-4-1-5-13-23/h8-11,14-15,22H,1-7,12-13H2. The molecule has 2 aromatic rings. The first kappa shape index (κ1) is 17.3. The quantitative estimate of drug-likeness (QED) is 0.889. The number of aryl methyl sites for hydroxylation is 2.